The summed E-state index contributed by atoms with van der Waals surface area (Å²) in [6, 6.07) is 0. The molecular formula is C7H8Cl2N2O. The molecular weight excluding hydrogens is 199 g/mol. The van der Waals surface area contributed by atoms with Crippen LogP contribution in [0.4, 0.5) is 0 Å². The largest absolute Gasteiger partial charge is 0.388 e. The van der Waals surface area contributed by atoms with Crippen LogP contribution in [0.3, 0.4) is 0 Å². The van der Waals surface area contributed by atoms with E-state index in [9.17, 15) is 0 Å². The minimum Gasteiger partial charge on any atom is -0.388 e. The van der Waals surface area contributed by atoms with Crippen molar-refractivity contribution in [1.29, 1.82) is 0 Å². The third kappa shape index (κ3) is 2.24. The summed E-state index contributed by atoms with van der Waals surface area (Å²) in [6.07, 6.45) is 3.33. The second-order valence-corrected chi connectivity index (χ2v) is 2.89. The van der Waals surface area contributed by atoms with E-state index in [0.717, 1.165) is 0 Å². The highest BCUT2D eigenvalue weighted by Gasteiger charge is 2.01. The number of halogens is 2. The van der Waals surface area contributed by atoms with Crippen LogP contribution in [0.1, 0.15) is 5.82 Å². The highest BCUT2D eigenvalue weighted by atomic mass is 35.5. The minimum atomic E-state index is -0.0978. The van der Waals surface area contributed by atoms with Crippen molar-refractivity contribution >= 4 is 23.2 Å². The van der Waals surface area contributed by atoms with Gasteiger partial charge < -0.3 is 9.67 Å². The summed E-state index contributed by atoms with van der Waals surface area (Å²) < 4.78 is 1.72. The Labute approximate surface area is 80.2 Å². The molecule has 12 heavy (non-hydrogen) atoms. The van der Waals surface area contributed by atoms with Gasteiger partial charge in [-0.25, -0.2) is 4.98 Å². The van der Waals surface area contributed by atoms with E-state index in [2.05, 4.69) is 4.98 Å². The lowest BCUT2D eigenvalue weighted by molar-refractivity contribution is 0.266. The summed E-state index contributed by atoms with van der Waals surface area (Å²) in [7, 11) is 0. The maximum absolute atomic E-state index is 8.81. The van der Waals surface area contributed by atoms with Gasteiger partial charge in [0.25, 0.3) is 0 Å². The summed E-state index contributed by atoms with van der Waals surface area (Å²) in [4.78, 5) is 3.91. The molecule has 0 unspecified atom stereocenters. The summed E-state index contributed by atoms with van der Waals surface area (Å²) in [5.41, 5.74) is 1.29. The molecule has 0 amide bonds. The van der Waals surface area contributed by atoms with Crippen molar-refractivity contribution in [3.05, 3.63) is 28.8 Å². The maximum atomic E-state index is 8.81. The van der Waals surface area contributed by atoms with Gasteiger partial charge in [-0.05, 0) is 0 Å². The van der Waals surface area contributed by atoms with E-state index in [1.807, 2.05) is 0 Å². The SMILES string of the molecule is OCc1nccn1CC(Cl)=CCl. The van der Waals surface area contributed by atoms with E-state index in [1.54, 1.807) is 17.0 Å². The number of hydrogen-bond donors (Lipinski definition) is 1. The summed E-state index contributed by atoms with van der Waals surface area (Å²) in [6.45, 7) is 0.348. The second-order valence-electron chi connectivity index (χ2n) is 2.19. The minimum absolute atomic E-state index is 0.0978. The summed E-state index contributed by atoms with van der Waals surface area (Å²) in [5.74, 6) is 0.576. The normalized spacial score (nSPS) is 12.1. The average Bonchev–Trinajstić information content (AvgIpc) is 2.51. The van der Waals surface area contributed by atoms with Crippen LogP contribution in [-0.2, 0) is 13.2 Å². The number of hydrogen-bond acceptors (Lipinski definition) is 2. The van der Waals surface area contributed by atoms with Crippen LogP contribution in [0, 0.1) is 0 Å². The molecule has 1 heterocycles. The zero-order valence-corrected chi connectivity index (χ0v) is 7.76. The molecule has 0 aliphatic carbocycles. The number of rotatable bonds is 3. The van der Waals surface area contributed by atoms with Crippen molar-refractivity contribution in [1.82, 2.24) is 9.55 Å². The average molecular weight is 207 g/mol. The van der Waals surface area contributed by atoms with Gasteiger partial charge in [-0.2, -0.15) is 0 Å². The molecule has 0 saturated carbocycles. The number of nitrogens with zero attached hydrogens (tertiary/aromatic N) is 2. The highest BCUT2D eigenvalue weighted by molar-refractivity contribution is 6.36. The molecule has 1 aromatic heterocycles. The molecule has 0 aliphatic heterocycles. The zero-order valence-electron chi connectivity index (χ0n) is 6.24. The van der Waals surface area contributed by atoms with Crippen LogP contribution in [-0.4, -0.2) is 14.7 Å². The van der Waals surface area contributed by atoms with Gasteiger partial charge in [-0.15, -0.1) is 0 Å². The van der Waals surface area contributed by atoms with E-state index in [4.69, 9.17) is 28.3 Å². The lowest BCUT2D eigenvalue weighted by Crippen LogP contribution is -2.02. The summed E-state index contributed by atoms with van der Waals surface area (Å²) in [5, 5.41) is 9.32. The molecule has 0 bridgehead atoms. The number of aliphatic hydroxyl groups is 1. The standard InChI is InChI=1S/C7H8Cl2N2O/c8-3-6(9)4-11-2-1-10-7(11)5-12/h1-3,12H,4-5H2. The molecule has 0 aliphatic rings. The molecule has 0 atom stereocenters. The number of aromatic nitrogens is 2. The predicted octanol–water partition coefficient (Wildman–Crippen LogP) is 1.69. The molecule has 0 aromatic carbocycles. The Bertz CT molecular complexity index is 283. The van der Waals surface area contributed by atoms with Gasteiger partial charge in [0.05, 0.1) is 6.54 Å². The topological polar surface area (TPSA) is 38.1 Å². The molecule has 1 aromatic rings. The Kier molecular flexibility index (Phi) is 3.59. The van der Waals surface area contributed by atoms with E-state index in [-0.39, 0.29) is 6.61 Å². The fourth-order valence-electron chi connectivity index (χ4n) is 0.833. The Morgan fingerprint density at radius 2 is 2.50 bits per heavy atom. The number of aliphatic hydroxyl groups excluding tert-OH is 1. The van der Waals surface area contributed by atoms with E-state index in [1.165, 1.54) is 5.54 Å². The number of imidazole rings is 1. The number of allylic oxidation sites excluding steroid dienone is 1. The van der Waals surface area contributed by atoms with Crippen LogP contribution in [0.2, 0.25) is 0 Å². The molecule has 1 rings (SSSR count). The molecule has 66 valence electrons. The third-order valence-electron chi connectivity index (χ3n) is 1.38. The van der Waals surface area contributed by atoms with Crippen LogP contribution in [0.15, 0.2) is 23.0 Å². The third-order valence-corrected chi connectivity index (χ3v) is 1.99. The fraction of sp³-hybridized carbons (Fsp3) is 0.286. The Morgan fingerprint density at radius 1 is 1.75 bits per heavy atom. The molecule has 0 radical (unpaired) electrons. The van der Waals surface area contributed by atoms with Gasteiger partial charge in [-0.3, -0.25) is 0 Å². The van der Waals surface area contributed by atoms with Crippen molar-refractivity contribution < 1.29 is 5.11 Å². The first-order chi connectivity index (χ1) is 5.77. The monoisotopic (exact) mass is 206 g/mol. The second kappa shape index (κ2) is 4.50. The van der Waals surface area contributed by atoms with Crippen LogP contribution in [0.25, 0.3) is 0 Å². The molecule has 0 fully saturated rings. The Morgan fingerprint density at radius 3 is 3.08 bits per heavy atom. The van der Waals surface area contributed by atoms with Gasteiger partial charge >= 0.3 is 0 Å². The highest BCUT2D eigenvalue weighted by Crippen LogP contribution is 2.08. The van der Waals surface area contributed by atoms with Crippen LogP contribution < -0.4 is 0 Å². The lowest BCUT2D eigenvalue weighted by Gasteiger charge is -2.03. The molecule has 3 nitrogen and oxygen atoms in total. The van der Waals surface area contributed by atoms with E-state index < -0.39 is 0 Å². The van der Waals surface area contributed by atoms with Crippen molar-refractivity contribution in [2.24, 2.45) is 0 Å². The van der Waals surface area contributed by atoms with Crippen molar-refractivity contribution in [3.8, 4) is 0 Å². The Balaban J connectivity index is 2.74. The Hall–Kier alpha value is -0.510. The van der Waals surface area contributed by atoms with Crippen molar-refractivity contribution in [2.45, 2.75) is 13.2 Å². The molecule has 0 spiro atoms. The van der Waals surface area contributed by atoms with Crippen LogP contribution in [0.5, 0.6) is 0 Å². The van der Waals surface area contributed by atoms with Gasteiger partial charge in [-0.1, -0.05) is 23.2 Å². The first kappa shape index (κ1) is 9.58. The summed E-state index contributed by atoms with van der Waals surface area (Å²) >= 11 is 11.1. The van der Waals surface area contributed by atoms with E-state index >= 15 is 0 Å². The van der Waals surface area contributed by atoms with Crippen molar-refractivity contribution in [2.75, 3.05) is 0 Å². The van der Waals surface area contributed by atoms with E-state index in [0.29, 0.717) is 17.4 Å². The first-order valence-electron chi connectivity index (χ1n) is 3.33. The lowest BCUT2D eigenvalue weighted by atomic mass is 10.5. The molecule has 0 saturated heterocycles. The van der Waals surface area contributed by atoms with Gasteiger partial charge in [0, 0.05) is 23.0 Å². The van der Waals surface area contributed by atoms with Gasteiger partial charge in [0.1, 0.15) is 12.4 Å². The first-order valence-corrected chi connectivity index (χ1v) is 4.15. The fourth-order valence-corrected chi connectivity index (χ4v) is 1.03. The molecule has 1 N–H and O–H groups in total. The predicted molar refractivity (Wildman–Crippen MR) is 47.9 cm³/mol. The zero-order chi connectivity index (χ0) is 8.97. The van der Waals surface area contributed by atoms with Crippen LogP contribution >= 0.6 is 23.2 Å². The van der Waals surface area contributed by atoms with Gasteiger partial charge in [0.15, 0.2) is 0 Å². The smallest absolute Gasteiger partial charge is 0.134 e. The molecule has 5 heteroatoms. The maximum Gasteiger partial charge on any atom is 0.134 e. The quantitative estimate of drug-likeness (QED) is 0.818. The van der Waals surface area contributed by atoms with Gasteiger partial charge in [0.2, 0.25) is 0 Å². The van der Waals surface area contributed by atoms with Crippen molar-refractivity contribution in [3.63, 3.8) is 0 Å².